The minimum Gasteiger partial charge on any atom is -0.373 e. The summed E-state index contributed by atoms with van der Waals surface area (Å²) < 4.78 is 6.04. The van der Waals surface area contributed by atoms with Crippen molar-refractivity contribution < 1.29 is 14.3 Å². The van der Waals surface area contributed by atoms with E-state index in [1.165, 1.54) is 5.57 Å². The third kappa shape index (κ3) is 3.17. The van der Waals surface area contributed by atoms with Gasteiger partial charge in [-0.15, -0.1) is 0 Å². The van der Waals surface area contributed by atoms with E-state index in [1.54, 1.807) is 7.11 Å². The first-order valence-corrected chi connectivity index (χ1v) is 14.1. The summed E-state index contributed by atoms with van der Waals surface area (Å²) >= 11 is 0. The lowest BCUT2D eigenvalue weighted by molar-refractivity contribution is -0.168. The predicted octanol–water partition coefficient (Wildman–Crippen LogP) is 6.20. The number of rotatable bonds is 3. The molecule has 3 saturated carbocycles. The zero-order valence-electron chi connectivity index (χ0n) is 23.8. The van der Waals surface area contributed by atoms with E-state index in [4.69, 9.17) is 10.5 Å². The Hall–Kier alpha value is -2.19. The topological polar surface area (TPSA) is 93.2 Å². The van der Waals surface area contributed by atoms with Gasteiger partial charge in [-0.2, -0.15) is 5.26 Å². The van der Waals surface area contributed by atoms with Crippen LogP contribution in [0.15, 0.2) is 34.9 Å². The van der Waals surface area contributed by atoms with Crippen LogP contribution >= 0.6 is 0 Å². The lowest BCUT2D eigenvalue weighted by atomic mass is 9.34. The standard InChI is InChI=1S/C32H44N2O3/c1-27-11-12-28(2,26(34)36)19-25(27)31(5)16-14-29(3)22-18-23(35)21(10-17-33)32(6,37-7)20(22)8-9-24(29)30(31,4)15-13-27/h8-9,18,21,25H,10-16,19H2,1-7H3,(H2,34,36)/t21?,25-,27-,28-,29+,30-,31+,32-/m1/s1. The highest BCUT2D eigenvalue weighted by Gasteiger charge is 2.67. The molecule has 0 saturated heterocycles. The molecule has 8 atom stereocenters. The maximum Gasteiger partial charge on any atom is 0.223 e. The van der Waals surface area contributed by atoms with Crippen LogP contribution in [-0.2, 0) is 14.3 Å². The Kier molecular flexibility index (Phi) is 5.65. The molecular weight excluding hydrogens is 460 g/mol. The monoisotopic (exact) mass is 504 g/mol. The summed E-state index contributed by atoms with van der Waals surface area (Å²) in [5, 5.41) is 9.44. The van der Waals surface area contributed by atoms with E-state index in [9.17, 15) is 14.9 Å². The Labute approximate surface area is 222 Å². The number of hydrogen-bond donors (Lipinski definition) is 1. The normalized spacial score (nSPS) is 48.7. The third-order valence-electron chi connectivity index (χ3n) is 12.7. The molecule has 37 heavy (non-hydrogen) atoms. The number of nitrogens with zero attached hydrogens (tertiary/aromatic N) is 1. The van der Waals surface area contributed by atoms with Gasteiger partial charge in [-0.05, 0) is 91.3 Å². The second-order valence-corrected chi connectivity index (χ2v) is 14.3. The number of nitriles is 1. The summed E-state index contributed by atoms with van der Waals surface area (Å²) in [6, 6.07) is 2.21. The molecule has 1 amide bonds. The van der Waals surface area contributed by atoms with Crippen LogP contribution in [-0.4, -0.2) is 24.4 Å². The SMILES string of the molecule is CO[C@]1(C)C2=CC=C3[C@@](C)(CC[C@@]4(C)[C@@H]5C[C@](C)(C(N)=O)CC[C@]5(C)CC[C@]34C)C2=CC(=O)C1CC#N. The van der Waals surface area contributed by atoms with Gasteiger partial charge in [0.05, 0.1) is 12.0 Å². The van der Waals surface area contributed by atoms with Crippen molar-refractivity contribution in [2.24, 2.45) is 44.6 Å². The fraction of sp³-hybridized carbons (Fsp3) is 0.719. The molecule has 0 spiro atoms. The van der Waals surface area contributed by atoms with E-state index in [0.717, 1.165) is 56.1 Å². The molecule has 5 rings (SSSR count). The number of ketones is 1. The minimum absolute atomic E-state index is 0.000243. The number of carbonyl (C=O) groups excluding carboxylic acids is 2. The number of hydrogen-bond acceptors (Lipinski definition) is 4. The molecule has 200 valence electrons. The van der Waals surface area contributed by atoms with Crippen molar-refractivity contribution >= 4 is 11.7 Å². The second-order valence-electron chi connectivity index (χ2n) is 14.3. The van der Waals surface area contributed by atoms with Crippen LogP contribution in [0, 0.1) is 50.2 Å². The molecule has 0 aromatic heterocycles. The number of carbonyl (C=O) groups is 2. The first-order chi connectivity index (χ1) is 17.2. The Morgan fingerprint density at radius 3 is 2.32 bits per heavy atom. The first-order valence-electron chi connectivity index (χ1n) is 14.1. The van der Waals surface area contributed by atoms with Crippen LogP contribution in [0.3, 0.4) is 0 Å². The van der Waals surface area contributed by atoms with Crippen molar-refractivity contribution in [1.29, 1.82) is 5.26 Å². The molecule has 5 aliphatic rings. The fourth-order valence-electron chi connectivity index (χ4n) is 9.62. The molecule has 0 bridgehead atoms. The van der Waals surface area contributed by atoms with Crippen molar-refractivity contribution in [3.8, 4) is 6.07 Å². The smallest absolute Gasteiger partial charge is 0.223 e. The maximum atomic E-state index is 13.4. The minimum atomic E-state index is -0.818. The highest BCUT2D eigenvalue weighted by molar-refractivity contribution is 5.97. The molecule has 5 nitrogen and oxygen atoms in total. The zero-order valence-corrected chi connectivity index (χ0v) is 23.8. The molecule has 2 N–H and O–H groups in total. The van der Waals surface area contributed by atoms with Gasteiger partial charge in [-0.25, -0.2) is 0 Å². The molecule has 1 unspecified atom stereocenters. The summed E-state index contributed by atoms with van der Waals surface area (Å²) in [7, 11) is 1.66. The summed E-state index contributed by atoms with van der Waals surface area (Å²) in [5.41, 5.74) is 8.17. The number of methoxy groups -OCH3 is 1. The molecule has 0 radical (unpaired) electrons. The lowest BCUT2D eigenvalue weighted by Crippen LogP contribution is -2.63. The van der Waals surface area contributed by atoms with Crippen molar-refractivity contribution in [2.75, 3.05) is 7.11 Å². The van der Waals surface area contributed by atoms with Gasteiger partial charge in [0, 0.05) is 24.4 Å². The van der Waals surface area contributed by atoms with Gasteiger partial charge < -0.3 is 10.5 Å². The number of fused-ring (bicyclic) bond motifs is 7. The van der Waals surface area contributed by atoms with Crippen molar-refractivity contribution in [3.63, 3.8) is 0 Å². The molecule has 5 heteroatoms. The summed E-state index contributed by atoms with van der Waals surface area (Å²) in [6.45, 7) is 13.7. The van der Waals surface area contributed by atoms with E-state index >= 15 is 0 Å². The number of primary amides is 1. The largest absolute Gasteiger partial charge is 0.373 e. The zero-order chi connectivity index (χ0) is 27.2. The number of nitrogens with two attached hydrogens (primary N) is 1. The van der Waals surface area contributed by atoms with Gasteiger partial charge in [-0.1, -0.05) is 52.3 Å². The number of amides is 1. The molecule has 0 heterocycles. The van der Waals surface area contributed by atoms with Gasteiger partial charge in [0.25, 0.3) is 0 Å². The molecular formula is C32H44N2O3. The highest BCUT2D eigenvalue weighted by atomic mass is 16.5. The Bertz CT molecular complexity index is 1210. The van der Waals surface area contributed by atoms with E-state index in [0.29, 0.717) is 5.92 Å². The van der Waals surface area contributed by atoms with Crippen LogP contribution < -0.4 is 5.73 Å². The van der Waals surface area contributed by atoms with Crippen LogP contribution in [0.2, 0.25) is 0 Å². The highest BCUT2D eigenvalue weighted by Crippen LogP contribution is 2.75. The van der Waals surface area contributed by atoms with Crippen LogP contribution in [0.4, 0.5) is 0 Å². The van der Waals surface area contributed by atoms with E-state index in [-0.39, 0.29) is 39.8 Å². The van der Waals surface area contributed by atoms with Gasteiger partial charge in [-0.3, -0.25) is 9.59 Å². The third-order valence-corrected chi connectivity index (χ3v) is 12.7. The predicted molar refractivity (Wildman–Crippen MR) is 144 cm³/mol. The second kappa shape index (κ2) is 7.92. The van der Waals surface area contributed by atoms with Crippen molar-refractivity contribution in [1.82, 2.24) is 0 Å². The first kappa shape index (κ1) is 26.4. The van der Waals surface area contributed by atoms with Crippen molar-refractivity contribution in [3.05, 3.63) is 34.9 Å². The Morgan fingerprint density at radius 1 is 1.03 bits per heavy atom. The average Bonchev–Trinajstić information content (AvgIpc) is 2.85. The summed E-state index contributed by atoms with van der Waals surface area (Å²) in [6.07, 6.45) is 13.5. The fourth-order valence-corrected chi connectivity index (χ4v) is 9.62. The molecule has 0 aromatic rings. The molecule has 5 aliphatic carbocycles. The van der Waals surface area contributed by atoms with Crippen LogP contribution in [0.1, 0.15) is 92.9 Å². The van der Waals surface area contributed by atoms with Gasteiger partial charge in [0.2, 0.25) is 5.91 Å². The maximum absolute atomic E-state index is 13.4. The summed E-state index contributed by atoms with van der Waals surface area (Å²) in [5.74, 6) is -0.247. The van der Waals surface area contributed by atoms with E-state index in [1.807, 2.05) is 13.0 Å². The quantitative estimate of drug-likeness (QED) is 0.495. The molecule has 0 aromatic carbocycles. The molecule has 3 fully saturated rings. The van der Waals surface area contributed by atoms with Gasteiger partial charge >= 0.3 is 0 Å². The summed E-state index contributed by atoms with van der Waals surface area (Å²) in [4.78, 5) is 26.0. The Morgan fingerprint density at radius 2 is 1.70 bits per heavy atom. The van der Waals surface area contributed by atoms with E-state index < -0.39 is 16.9 Å². The van der Waals surface area contributed by atoms with Crippen LogP contribution in [0.25, 0.3) is 0 Å². The lowest BCUT2D eigenvalue weighted by Gasteiger charge is -2.70. The molecule has 0 aliphatic heterocycles. The van der Waals surface area contributed by atoms with Crippen LogP contribution in [0.5, 0.6) is 0 Å². The number of ether oxygens (including phenoxy) is 1. The van der Waals surface area contributed by atoms with Gasteiger partial charge in [0.1, 0.15) is 5.60 Å². The van der Waals surface area contributed by atoms with Gasteiger partial charge in [0.15, 0.2) is 5.78 Å². The Balaban J connectivity index is 1.64. The average molecular weight is 505 g/mol. The van der Waals surface area contributed by atoms with E-state index in [2.05, 4.69) is 52.8 Å². The number of allylic oxidation sites excluding steroid dienone is 4. The van der Waals surface area contributed by atoms with Crippen molar-refractivity contribution in [2.45, 2.75) is 98.5 Å².